The topological polar surface area (TPSA) is 61.4 Å². The smallest absolute Gasteiger partial charge is 0.319 e. The van der Waals surface area contributed by atoms with Crippen LogP contribution in [0.1, 0.15) is 11.1 Å². The van der Waals surface area contributed by atoms with Gasteiger partial charge in [0.05, 0.1) is 17.3 Å². The molecule has 0 aliphatic heterocycles. The minimum absolute atomic E-state index is 0.166. The van der Waals surface area contributed by atoms with E-state index in [2.05, 4.69) is 10.6 Å². The number of halogens is 2. The lowest BCUT2D eigenvalue weighted by Gasteiger charge is -2.09. The van der Waals surface area contributed by atoms with Gasteiger partial charge in [0.2, 0.25) is 0 Å². The number of carbonyl (C=O) groups excluding carboxylic acids is 1. The molecule has 6 heteroatoms. The predicted octanol–water partition coefficient (Wildman–Crippen LogP) is 3.29. The van der Waals surface area contributed by atoms with Gasteiger partial charge >= 0.3 is 6.03 Å². The fourth-order valence-electron chi connectivity index (χ4n) is 1.74. The van der Waals surface area contributed by atoms with Crippen molar-refractivity contribution in [1.29, 1.82) is 0 Å². The van der Waals surface area contributed by atoms with Gasteiger partial charge in [-0.3, -0.25) is 0 Å². The van der Waals surface area contributed by atoms with Crippen molar-refractivity contribution < 1.29 is 14.3 Å². The Morgan fingerprint density at radius 1 is 1.24 bits per heavy atom. The van der Waals surface area contributed by atoms with Gasteiger partial charge in [-0.1, -0.05) is 35.9 Å². The predicted molar refractivity (Wildman–Crippen MR) is 79.6 cm³/mol. The Morgan fingerprint density at radius 2 is 2.00 bits per heavy atom. The highest BCUT2D eigenvalue weighted by molar-refractivity contribution is 6.33. The van der Waals surface area contributed by atoms with E-state index in [9.17, 15) is 9.18 Å². The molecule has 2 amide bonds. The number of hydrogen-bond donors (Lipinski definition) is 3. The second-order valence-corrected chi connectivity index (χ2v) is 4.78. The maximum absolute atomic E-state index is 13.5. The Morgan fingerprint density at radius 3 is 2.67 bits per heavy atom. The second-order valence-electron chi connectivity index (χ2n) is 4.37. The Bertz CT molecular complexity index is 649. The van der Waals surface area contributed by atoms with Gasteiger partial charge in [0.1, 0.15) is 5.82 Å². The standard InChI is InChI=1S/C15H14ClFN2O2/c16-12-3-1-2-4-14(12)19-15(21)18-8-10-5-6-11(9-20)13(17)7-10/h1-7,20H,8-9H2,(H2,18,19,21). The molecule has 0 aromatic heterocycles. The summed E-state index contributed by atoms with van der Waals surface area (Å²) in [6.45, 7) is -0.189. The average Bonchev–Trinajstić information content (AvgIpc) is 2.48. The van der Waals surface area contributed by atoms with E-state index in [1.54, 1.807) is 30.3 Å². The Balaban J connectivity index is 1.92. The molecule has 2 aromatic rings. The highest BCUT2D eigenvalue weighted by atomic mass is 35.5. The van der Waals surface area contributed by atoms with E-state index >= 15 is 0 Å². The fourth-order valence-corrected chi connectivity index (χ4v) is 1.92. The molecule has 0 aliphatic rings. The maximum atomic E-state index is 13.5. The summed E-state index contributed by atoms with van der Waals surface area (Å²) < 4.78 is 13.5. The quantitative estimate of drug-likeness (QED) is 0.811. The minimum atomic E-state index is -0.497. The van der Waals surface area contributed by atoms with E-state index in [0.717, 1.165) is 0 Å². The van der Waals surface area contributed by atoms with Gasteiger partial charge < -0.3 is 15.7 Å². The van der Waals surface area contributed by atoms with Crippen molar-refractivity contribution in [3.8, 4) is 0 Å². The summed E-state index contributed by atoms with van der Waals surface area (Å²) in [6, 6.07) is 10.8. The van der Waals surface area contributed by atoms with Crippen LogP contribution in [0.25, 0.3) is 0 Å². The van der Waals surface area contributed by atoms with E-state index in [0.29, 0.717) is 16.3 Å². The van der Waals surface area contributed by atoms with Crippen LogP contribution < -0.4 is 10.6 Å². The van der Waals surface area contributed by atoms with Crippen LogP contribution in [0.5, 0.6) is 0 Å². The van der Waals surface area contributed by atoms with Crippen molar-refractivity contribution in [3.63, 3.8) is 0 Å². The van der Waals surface area contributed by atoms with Gasteiger partial charge in [-0.05, 0) is 23.8 Å². The van der Waals surface area contributed by atoms with Crippen molar-refractivity contribution in [2.75, 3.05) is 5.32 Å². The molecule has 0 heterocycles. The second kappa shape index (κ2) is 7.06. The van der Waals surface area contributed by atoms with E-state index in [1.807, 2.05) is 0 Å². The Hall–Kier alpha value is -2.11. The number of rotatable bonds is 4. The molecule has 0 spiro atoms. The van der Waals surface area contributed by atoms with Crippen LogP contribution in [0.15, 0.2) is 42.5 Å². The van der Waals surface area contributed by atoms with E-state index < -0.39 is 11.8 Å². The molecule has 0 radical (unpaired) electrons. The van der Waals surface area contributed by atoms with E-state index in [4.69, 9.17) is 16.7 Å². The zero-order valence-corrected chi connectivity index (χ0v) is 11.8. The number of carbonyl (C=O) groups is 1. The maximum Gasteiger partial charge on any atom is 0.319 e. The molecule has 0 saturated heterocycles. The Labute approximate surface area is 126 Å². The number of amides is 2. The van der Waals surface area contributed by atoms with Crippen LogP contribution in [0, 0.1) is 5.82 Å². The van der Waals surface area contributed by atoms with Gasteiger partial charge in [0, 0.05) is 12.1 Å². The molecule has 2 rings (SSSR count). The molecule has 110 valence electrons. The SMILES string of the molecule is O=C(NCc1ccc(CO)c(F)c1)Nc1ccccc1Cl. The summed E-state index contributed by atoms with van der Waals surface area (Å²) in [7, 11) is 0. The number of urea groups is 1. The molecule has 0 saturated carbocycles. The first-order chi connectivity index (χ1) is 10.1. The van der Waals surface area contributed by atoms with Gasteiger partial charge in [-0.2, -0.15) is 0 Å². The molecule has 0 unspecified atom stereocenters. The largest absolute Gasteiger partial charge is 0.392 e. The summed E-state index contributed by atoms with van der Waals surface area (Å²) in [5, 5.41) is 14.5. The van der Waals surface area contributed by atoms with Crippen LogP contribution in [-0.2, 0) is 13.2 Å². The molecule has 0 aliphatic carbocycles. The van der Waals surface area contributed by atoms with Crippen LogP contribution in [0.4, 0.5) is 14.9 Å². The van der Waals surface area contributed by atoms with Crippen molar-refractivity contribution >= 4 is 23.3 Å². The number of anilines is 1. The molecular weight excluding hydrogens is 295 g/mol. The molecule has 0 bridgehead atoms. The molecule has 4 nitrogen and oxygen atoms in total. The number of para-hydroxylation sites is 1. The van der Waals surface area contributed by atoms with Crippen LogP contribution in [0.3, 0.4) is 0 Å². The van der Waals surface area contributed by atoms with Crippen molar-refractivity contribution in [2.45, 2.75) is 13.2 Å². The molecule has 3 N–H and O–H groups in total. The van der Waals surface area contributed by atoms with Gasteiger partial charge in [0.25, 0.3) is 0 Å². The third-order valence-electron chi connectivity index (χ3n) is 2.86. The first kappa shape index (κ1) is 15.3. The fraction of sp³-hybridized carbons (Fsp3) is 0.133. The molecule has 0 fully saturated rings. The third kappa shape index (κ3) is 4.18. The lowest BCUT2D eigenvalue weighted by Crippen LogP contribution is -2.28. The van der Waals surface area contributed by atoms with Crippen molar-refractivity contribution in [3.05, 3.63) is 64.4 Å². The summed E-state index contributed by atoms with van der Waals surface area (Å²) in [6.07, 6.45) is 0. The first-order valence-electron chi connectivity index (χ1n) is 6.27. The highest BCUT2D eigenvalue weighted by Crippen LogP contribution is 2.20. The summed E-state index contributed by atoms with van der Waals surface area (Å²) >= 11 is 5.92. The minimum Gasteiger partial charge on any atom is -0.392 e. The van der Waals surface area contributed by atoms with Crippen LogP contribution >= 0.6 is 11.6 Å². The average molecular weight is 309 g/mol. The number of aliphatic hydroxyl groups is 1. The zero-order valence-electron chi connectivity index (χ0n) is 11.1. The van der Waals surface area contributed by atoms with E-state index in [1.165, 1.54) is 12.1 Å². The summed E-state index contributed by atoms with van der Waals surface area (Å²) in [5.74, 6) is -0.497. The summed E-state index contributed by atoms with van der Waals surface area (Å²) in [5.41, 5.74) is 1.32. The third-order valence-corrected chi connectivity index (χ3v) is 3.19. The van der Waals surface area contributed by atoms with Crippen LogP contribution in [0.2, 0.25) is 5.02 Å². The van der Waals surface area contributed by atoms with Crippen molar-refractivity contribution in [1.82, 2.24) is 5.32 Å². The van der Waals surface area contributed by atoms with Gasteiger partial charge in [0.15, 0.2) is 0 Å². The summed E-state index contributed by atoms with van der Waals surface area (Å²) in [4.78, 5) is 11.7. The number of nitrogens with one attached hydrogen (secondary N) is 2. The number of aliphatic hydroxyl groups excluding tert-OH is 1. The monoisotopic (exact) mass is 308 g/mol. The normalized spacial score (nSPS) is 10.2. The first-order valence-corrected chi connectivity index (χ1v) is 6.65. The van der Waals surface area contributed by atoms with Crippen LogP contribution in [-0.4, -0.2) is 11.1 Å². The molecule has 2 aromatic carbocycles. The lowest BCUT2D eigenvalue weighted by molar-refractivity contribution is 0.251. The molecule has 21 heavy (non-hydrogen) atoms. The lowest BCUT2D eigenvalue weighted by atomic mass is 10.1. The van der Waals surface area contributed by atoms with Gasteiger partial charge in [-0.15, -0.1) is 0 Å². The van der Waals surface area contributed by atoms with E-state index in [-0.39, 0.29) is 18.7 Å². The number of hydrogen-bond acceptors (Lipinski definition) is 2. The number of benzene rings is 2. The zero-order chi connectivity index (χ0) is 15.2. The molecular formula is C15H14ClFN2O2. The van der Waals surface area contributed by atoms with Gasteiger partial charge in [-0.25, -0.2) is 9.18 Å². The van der Waals surface area contributed by atoms with Crippen molar-refractivity contribution in [2.24, 2.45) is 0 Å². The Kier molecular flexibility index (Phi) is 5.14. The highest BCUT2D eigenvalue weighted by Gasteiger charge is 2.06. The molecule has 0 atom stereocenters.